The number of benzene rings is 2. The van der Waals surface area contributed by atoms with Crippen molar-refractivity contribution in [2.75, 3.05) is 4.90 Å². The second-order valence-corrected chi connectivity index (χ2v) is 11.5. The molecule has 10 nitrogen and oxygen atoms in total. The standard InChI is InChI=1S/C32H34F2N4O6/c1-17-31(29(44-36-17)16-42-18(2)39)20-4-11-27-26(14-20)35-32(38(27)21-5-8-23(9-6-21)43-19(3)40)28-12-13-30(41)37(28)22-7-10-24(33)25(34)15-22/h4,7,10-11,14-15,21,23,28,30,41H,5-6,8-9,12-13,16H2,1-3H3/t21?,23?,28-,30?/m0/s1. The van der Waals surface area contributed by atoms with Crippen LogP contribution in [-0.4, -0.2) is 44.1 Å². The minimum absolute atomic E-state index is 0.0362. The SMILES string of the molecule is CC(=O)OCc1onc(C)c1-c1ccc2c(c1)nc([C@@H]1CCC(O)N1c1ccc(F)c(F)c1)n2C1CCC(OC(C)=O)CC1. The maximum Gasteiger partial charge on any atom is 0.303 e. The van der Waals surface area contributed by atoms with Gasteiger partial charge in [0.05, 0.1) is 28.3 Å². The van der Waals surface area contributed by atoms with Crippen molar-refractivity contribution in [3.63, 3.8) is 0 Å². The van der Waals surface area contributed by atoms with Crippen LogP contribution in [-0.2, 0) is 25.7 Å². The van der Waals surface area contributed by atoms with Gasteiger partial charge in [-0.05, 0) is 75.3 Å². The lowest BCUT2D eigenvalue weighted by atomic mass is 9.92. The van der Waals surface area contributed by atoms with E-state index in [9.17, 15) is 23.5 Å². The summed E-state index contributed by atoms with van der Waals surface area (Å²) >= 11 is 0. The van der Waals surface area contributed by atoms with Gasteiger partial charge in [-0.15, -0.1) is 0 Å². The molecule has 1 saturated heterocycles. The summed E-state index contributed by atoms with van der Waals surface area (Å²) in [5.74, 6) is -1.55. The molecule has 44 heavy (non-hydrogen) atoms. The highest BCUT2D eigenvalue weighted by atomic mass is 19.2. The van der Waals surface area contributed by atoms with Crippen LogP contribution in [0.3, 0.4) is 0 Å². The molecule has 2 aromatic carbocycles. The molecule has 6 rings (SSSR count). The van der Waals surface area contributed by atoms with Crippen LogP contribution in [0.15, 0.2) is 40.9 Å². The fourth-order valence-corrected chi connectivity index (χ4v) is 6.64. The molecule has 2 fully saturated rings. The largest absolute Gasteiger partial charge is 0.463 e. The van der Waals surface area contributed by atoms with Gasteiger partial charge in [0.15, 0.2) is 24.0 Å². The van der Waals surface area contributed by atoms with Gasteiger partial charge in [-0.3, -0.25) is 9.59 Å². The van der Waals surface area contributed by atoms with Crippen molar-refractivity contribution in [2.24, 2.45) is 0 Å². The molecule has 12 heteroatoms. The van der Waals surface area contributed by atoms with Gasteiger partial charge < -0.3 is 28.6 Å². The zero-order valence-electron chi connectivity index (χ0n) is 24.8. The van der Waals surface area contributed by atoms with Crippen LogP contribution in [0.4, 0.5) is 14.5 Å². The van der Waals surface area contributed by atoms with Crippen LogP contribution >= 0.6 is 0 Å². The molecule has 4 aromatic rings. The summed E-state index contributed by atoms with van der Waals surface area (Å²) in [7, 11) is 0. The first-order valence-corrected chi connectivity index (χ1v) is 14.8. The molecule has 2 atom stereocenters. The molecular formula is C32H34F2N4O6. The number of fused-ring (bicyclic) bond motifs is 1. The number of hydrogen-bond acceptors (Lipinski definition) is 9. The van der Waals surface area contributed by atoms with Crippen molar-refractivity contribution in [3.8, 4) is 11.1 Å². The lowest BCUT2D eigenvalue weighted by Crippen LogP contribution is -2.34. The number of imidazole rings is 1. The number of aliphatic hydroxyl groups excluding tert-OH is 1. The number of carbonyl (C=O) groups excluding carboxylic acids is 2. The summed E-state index contributed by atoms with van der Waals surface area (Å²) in [5.41, 5.74) is 4.08. The quantitative estimate of drug-likeness (QED) is 0.250. The van der Waals surface area contributed by atoms with Crippen molar-refractivity contribution in [2.45, 2.75) is 90.3 Å². The number of hydrogen-bond donors (Lipinski definition) is 1. The number of carbonyl (C=O) groups is 2. The van der Waals surface area contributed by atoms with E-state index in [1.807, 2.05) is 25.1 Å². The molecule has 0 amide bonds. The van der Waals surface area contributed by atoms with Crippen molar-refractivity contribution < 1.29 is 37.5 Å². The molecule has 0 radical (unpaired) electrons. The molecule has 1 aliphatic heterocycles. The molecule has 1 aliphatic carbocycles. The number of aliphatic hydroxyl groups is 1. The number of anilines is 1. The van der Waals surface area contributed by atoms with Gasteiger partial charge in [-0.2, -0.15) is 0 Å². The number of halogens is 2. The van der Waals surface area contributed by atoms with Gasteiger partial charge in [0.2, 0.25) is 0 Å². The lowest BCUT2D eigenvalue weighted by molar-refractivity contribution is -0.148. The maximum atomic E-state index is 14.3. The Morgan fingerprint density at radius 2 is 1.77 bits per heavy atom. The topological polar surface area (TPSA) is 120 Å². The van der Waals surface area contributed by atoms with E-state index in [-0.39, 0.29) is 24.7 Å². The Bertz CT molecular complexity index is 1710. The second kappa shape index (κ2) is 12.0. The number of aromatic nitrogens is 3. The van der Waals surface area contributed by atoms with Crippen LogP contribution in [0, 0.1) is 18.6 Å². The fourth-order valence-electron chi connectivity index (χ4n) is 6.64. The normalized spacial score (nSPS) is 22.0. The highest BCUT2D eigenvalue weighted by Gasteiger charge is 2.39. The van der Waals surface area contributed by atoms with Crippen LogP contribution in [0.5, 0.6) is 0 Å². The molecule has 2 aromatic heterocycles. The molecule has 0 bridgehead atoms. The number of nitrogens with zero attached hydrogens (tertiary/aromatic N) is 4. The number of esters is 2. The number of rotatable bonds is 7. The molecule has 1 unspecified atom stereocenters. The van der Waals surface area contributed by atoms with Crippen molar-refractivity contribution in [1.82, 2.24) is 14.7 Å². The average Bonchev–Trinajstić information content (AvgIpc) is 3.67. The zero-order chi connectivity index (χ0) is 31.1. The molecule has 232 valence electrons. The molecule has 0 spiro atoms. The first kappa shape index (κ1) is 29.7. The third-order valence-corrected chi connectivity index (χ3v) is 8.54. The number of aryl methyl sites for hydroxylation is 1. The van der Waals surface area contributed by atoms with Crippen molar-refractivity contribution >= 4 is 28.7 Å². The molecule has 2 aliphatic rings. The first-order valence-electron chi connectivity index (χ1n) is 14.8. The minimum atomic E-state index is -0.990. The Morgan fingerprint density at radius 3 is 2.48 bits per heavy atom. The summed E-state index contributed by atoms with van der Waals surface area (Å²) in [6.45, 7) is 4.49. The number of ether oxygens (including phenoxy) is 2. The van der Waals surface area contributed by atoms with E-state index in [0.29, 0.717) is 59.7 Å². The Kier molecular flexibility index (Phi) is 8.10. The lowest BCUT2D eigenvalue weighted by Gasteiger charge is -2.34. The van der Waals surface area contributed by atoms with E-state index in [1.54, 1.807) is 4.90 Å². The van der Waals surface area contributed by atoms with Gasteiger partial charge in [0.1, 0.15) is 18.2 Å². The highest BCUT2D eigenvalue weighted by Crippen LogP contribution is 2.44. The Hall–Kier alpha value is -4.32. The van der Waals surface area contributed by atoms with Crippen molar-refractivity contribution in [3.05, 3.63) is 65.3 Å². The third kappa shape index (κ3) is 5.66. The van der Waals surface area contributed by atoms with Crippen LogP contribution < -0.4 is 4.90 Å². The van der Waals surface area contributed by atoms with Crippen LogP contribution in [0.1, 0.15) is 81.7 Å². The molecular weight excluding hydrogens is 574 g/mol. The van der Waals surface area contributed by atoms with E-state index < -0.39 is 29.9 Å². The van der Waals surface area contributed by atoms with E-state index in [2.05, 4.69) is 9.72 Å². The van der Waals surface area contributed by atoms with Crippen LogP contribution in [0.25, 0.3) is 22.2 Å². The van der Waals surface area contributed by atoms with Gasteiger partial charge in [0.25, 0.3) is 0 Å². The summed E-state index contributed by atoms with van der Waals surface area (Å²) in [4.78, 5) is 29.8. The monoisotopic (exact) mass is 608 g/mol. The van der Waals surface area contributed by atoms with E-state index in [4.69, 9.17) is 19.0 Å². The summed E-state index contributed by atoms with van der Waals surface area (Å²) in [6, 6.07) is 9.12. The third-order valence-electron chi connectivity index (χ3n) is 8.54. The predicted molar refractivity (Wildman–Crippen MR) is 155 cm³/mol. The van der Waals surface area contributed by atoms with Crippen molar-refractivity contribution in [1.29, 1.82) is 0 Å². The zero-order valence-corrected chi connectivity index (χ0v) is 24.8. The van der Waals surface area contributed by atoms with Gasteiger partial charge >= 0.3 is 11.9 Å². The smallest absolute Gasteiger partial charge is 0.303 e. The average molecular weight is 609 g/mol. The molecule has 3 heterocycles. The van der Waals surface area contributed by atoms with Gasteiger partial charge in [-0.1, -0.05) is 11.2 Å². The summed E-state index contributed by atoms with van der Waals surface area (Å²) in [6.07, 6.45) is 2.81. The predicted octanol–water partition coefficient (Wildman–Crippen LogP) is 6.05. The molecule has 1 saturated carbocycles. The van der Waals surface area contributed by atoms with E-state index in [0.717, 1.165) is 36.1 Å². The second-order valence-electron chi connectivity index (χ2n) is 11.5. The Morgan fingerprint density at radius 1 is 1.00 bits per heavy atom. The minimum Gasteiger partial charge on any atom is -0.463 e. The fraction of sp³-hybridized carbons (Fsp3) is 0.438. The Labute approximate surface area is 252 Å². The Balaban J connectivity index is 1.44. The summed E-state index contributed by atoms with van der Waals surface area (Å²) < 4.78 is 46.4. The van der Waals surface area contributed by atoms with Crippen LogP contribution in [0.2, 0.25) is 0 Å². The maximum absolute atomic E-state index is 14.3. The van der Waals surface area contributed by atoms with E-state index in [1.165, 1.54) is 19.9 Å². The van der Waals surface area contributed by atoms with Gasteiger partial charge in [-0.25, -0.2) is 13.8 Å². The first-order chi connectivity index (χ1) is 21.1. The highest BCUT2D eigenvalue weighted by molar-refractivity contribution is 5.84. The van der Waals surface area contributed by atoms with E-state index >= 15 is 0 Å². The molecule has 1 N–H and O–H groups in total. The summed E-state index contributed by atoms with van der Waals surface area (Å²) in [5, 5.41) is 15.1. The van der Waals surface area contributed by atoms with Gasteiger partial charge in [0, 0.05) is 31.6 Å².